The van der Waals surface area contributed by atoms with Crippen LogP contribution in [0.15, 0.2) is 30.3 Å². The first kappa shape index (κ1) is 23.6. The van der Waals surface area contributed by atoms with E-state index in [1.807, 2.05) is 6.92 Å². The third-order valence-electron chi connectivity index (χ3n) is 5.45. The minimum atomic E-state index is -3.12. The number of benzene rings is 1. The number of amides is 1. The van der Waals surface area contributed by atoms with Crippen molar-refractivity contribution < 1.29 is 27.1 Å². The van der Waals surface area contributed by atoms with Crippen molar-refractivity contribution in [1.29, 1.82) is 0 Å². The number of sulfone groups is 1. The van der Waals surface area contributed by atoms with E-state index >= 15 is 0 Å². The van der Waals surface area contributed by atoms with Crippen LogP contribution in [0.5, 0.6) is 0 Å². The largest absolute Gasteiger partial charge is 0.452 e. The van der Waals surface area contributed by atoms with Crippen LogP contribution in [0.25, 0.3) is 11.8 Å². The van der Waals surface area contributed by atoms with E-state index in [1.165, 1.54) is 23.1 Å². The Morgan fingerprint density at radius 1 is 1.28 bits per heavy atom. The van der Waals surface area contributed by atoms with Gasteiger partial charge in [0, 0.05) is 29.9 Å². The summed E-state index contributed by atoms with van der Waals surface area (Å²) in [7, 11) is -3.12. The van der Waals surface area contributed by atoms with Gasteiger partial charge in [-0.15, -0.1) is 0 Å². The van der Waals surface area contributed by atoms with Crippen LogP contribution in [-0.2, 0) is 24.2 Å². The van der Waals surface area contributed by atoms with Gasteiger partial charge in [0.05, 0.1) is 22.9 Å². The topological polar surface area (TPSA) is 98.6 Å². The Hall–Kier alpha value is -3.01. The van der Waals surface area contributed by atoms with Gasteiger partial charge in [0.1, 0.15) is 5.82 Å². The number of ether oxygens (including phenoxy) is 1. The quantitative estimate of drug-likeness (QED) is 0.461. The predicted octanol–water partition coefficient (Wildman–Crippen LogP) is 2.22. The predicted molar refractivity (Wildman–Crippen MR) is 117 cm³/mol. The highest BCUT2D eigenvalue weighted by molar-refractivity contribution is 7.91. The van der Waals surface area contributed by atoms with E-state index in [-0.39, 0.29) is 23.4 Å². The number of hydrogen-bond donors (Lipinski definition) is 0. The van der Waals surface area contributed by atoms with E-state index < -0.39 is 28.3 Å². The lowest BCUT2D eigenvalue weighted by Crippen LogP contribution is -2.43. The molecule has 0 spiro atoms. The van der Waals surface area contributed by atoms with Gasteiger partial charge in [0.2, 0.25) is 0 Å². The van der Waals surface area contributed by atoms with E-state index in [2.05, 4.69) is 5.10 Å². The van der Waals surface area contributed by atoms with Crippen molar-refractivity contribution in [3.05, 3.63) is 53.1 Å². The minimum Gasteiger partial charge on any atom is -0.452 e. The maximum atomic E-state index is 13.2. The Morgan fingerprint density at radius 3 is 2.56 bits per heavy atom. The smallest absolute Gasteiger partial charge is 0.331 e. The molecule has 32 heavy (non-hydrogen) atoms. The van der Waals surface area contributed by atoms with E-state index in [0.29, 0.717) is 29.9 Å². The number of likely N-dealkylation sites (N-methyl/N-ethyl adjacent to an activating group) is 1. The summed E-state index contributed by atoms with van der Waals surface area (Å²) in [5, 5.41) is 4.43. The highest BCUT2D eigenvalue weighted by Gasteiger charge is 2.34. The molecule has 8 nitrogen and oxygen atoms in total. The standard InChI is InChI=1S/C22H26FN3O5S/c1-4-25(19-11-12-32(29,30)14-19)21(27)13-31-22(28)10-9-20-15(2)24-26(16(20)3)18-7-5-17(23)6-8-18/h5-10,19H,4,11-14H2,1-3H3/b10-9+. The number of carbonyl (C=O) groups is 2. The van der Waals surface area contributed by atoms with Gasteiger partial charge in [-0.3, -0.25) is 4.79 Å². The minimum absolute atomic E-state index is 0.0585. The molecule has 1 aromatic heterocycles. The van der Waals surface area contributed by atoms with Crippen LogP contribution in [0, 0.1) is 19.7 Å². The SMILES string of the molecule is CCN(C(=O)COC(=O)/C=C/c1c(C)nn(-c2ccc(F)cc2)c1C)C1CCS(=O)(=O)C1. The normalized spacial score (nSPS) is 17.6. The molecule has 1 amide bonds. The fraction of sp³-hybridized carbons (Fsp3) is 0.409. The number of nitrogens with zero attached hydrogens (tertiary/aromatic N) is 3. The fourth-order valence-corrected chi connectivity index (χ4v) is 5.54. The zero-order chi connectivity index (χ0) is 23.5. The number of halogens is 1. The number of esters is 1. The molecule has 1 aliphatic rings. The molecule has 172 valence electrons. The summed E-state index contributed by atoms with van der Waals surface area (Å²) >= 11 is 0. The summed E-state index contributed by atoms with van der Waals surface area (Å²) in [5.41, 5.74) is 2.83. The second-order valence-electron chi connectivity index (χ2n) is 7.65. The van der Waals surface area contributed by atoms with Crippen LogP contribution in [0.4, 0.5) is 4.39 Å². The molecule has 0 saturated carbocycles. The van der Waals surface area contributed by atoms with Crippen LogP contribution < -0.4 is 0 Å². The lowest BCUT2D eigenvalue weighted by Gasteiger charge is -2.26. The Labute approximate surface area is 186 Å². The Bertz CT molecular complexity index is 1140. The Balaban J connectivity index is 1.62. The third kappa shape index (κ3) is 5.42. The number of hydrogen-bond acceptors (Lipinski definition) is 6. The second kappa shape index (κ2) is 9.64. The van der Waals surface area contributed by atoms with Crippen molar-refractivity contribution >= 4 is 27.8 Å². The summed E-state index contributed by atoms with van der Waals surface area (Å²) in [4.78, 5) is 26.0. The first-order chi connectivity index (χ1) is 15.1. The van der Waals surface area contributed by atoms with Crippen LogP contribution in [0.1, 0.15) is 30.3 Å². The summed E-state index contributed by atoms with van der Waals surface area (Å²) in [6.45, 7) is 5.26. The molecule has 10 heteroatoms. The van der Waals surface area contributed by atoms with Gasteiger partial charge in [0.15, 0.2) is 16.4 Å². The van der Waals surface area contributed by atoms with Crippen molar-refractivity contribution in [3.8, 4) is 5.69 Å². The molecule has 1 aromatic carbocycles. The molecular formula is C22H26FN3O5S. The molecule has 1 atom stereocenters. The molecule has 3 rings (SSSR count). The molecular weight excluding hydrogens is 437 g/mol. The molecule has 2 aromatic rings. The van der Waals surface area contributed by atoms with E-state index in [1.54, 1.807) is 36.7 Å². The van der Waals surface area contributed by atoms with Crippen LogP contribution in [0.2, 0.25) is 0 Å². The highest BCUT2D eigenvalue weighted by Crippen LogP contribution is 2.20. The molecule has 1 unspecified atom stereocenters. The maximum Gasteiger partial charge on any atom is 0.331 e. The molecule has 0 radical (unpaired) electrons. The Kier molecular flexibility index (Phi) is 7.12. The lowest BCUT2D eigenvalue weighted by atomic mass is 10.2. The summed E-state index contributed by atoms with van der Waals surface area (Å²) in [6, 6.07) is 5.52. The van der Waals surface area contributed by atoms with Crippen molar-refractivity contribution in [3.63, 3.8) is 0 Å². The summed E-state index contributed by atoms with van der Waals surface area (Å²) < 4.78 is 43.2. The molecule has 0 aliphatic carbocycles. The highest BCUT2D eigenvalue weighted by atomic mass is 32.2. The van der Waals surface area contributed by atoms with Crippen LogP contribution in [0.3, 0.4) is 0 Å². The molecule has 0 bridgehead atoms. The average molecular weight is 464 g/mol. The van der Waals surface area contributed by atoms with Crippen molar-refractivity contribution in [1.82, 2.24) is 14.7 Å². The van der Waals surface area contributed by atoms with Gasteiger partial charge in [-0.1, -0.05) is 0 Å². The third-order valence-corrected chi connectivity index (χ3v) is 7.20. The molecule has 1 saturated heterocycles. The van der Waals surface area contributed by atoms with Crippen LogP contribution in [-0.4, -0.2) is 65.7 Å². The van der Waals surface area contributed by atoms with E-state index in [4.69, 9.17) is 4.74 Å². The van der Waals surface area contributed by atoms with Gasteiger partial charge in [0.25, 0.3) is 5.91 Å². The fourth-order valence-electron chi connectivity index (χ4n) is 3.80. The van der Waals surface area contributed by atoms with E-state index in [9.17, 15) is 22.4 Å². The Morgan fingerprint density at radius 2 is 1.97 bits per heavy atom. The molecule has 0 N–H and O–H groups in total. The number of aryl methyl sites for hydroxylation is 1. The van der Waals surface area contributed by atoms with Gasteiger partial charge in [-0.2, -0.15) is 5.10 Å². The lowest BCUT2D eigenvalue weighted by molar-refractivity contribution is -0.149. The van der Waals surface area contributed by atoms with Crippen molar-refractivity contribution in [2.75, 3.05) is 24.7 Å². The van der Waals surface area contributed by atoms with Gasteiger partial charge < -0.3 is 9.64 Å². The number of aromatic nitrogens is 2. The maximum absolute atomic E-state index is 13.2. The van der Waals surface area contributed by atoms with Crippen molar-refractivity contribution in [2.24, 2.45) is 0 Å². The van der Waals surface area contributed by atoms with Crippen molar-refractivity contribution in [2.45, 2.75) is 33.2 Å². The molecule has 1 fully saturated rings. The van der Waals surface area contributed by atoms with Gasteiger partial charge >= 0.3 is 5.97 Å². The second-order valence-corrected chi connectivity index (χ2v) is 9.88. The van der Waals surface area contributed by atoms with E-state index in [0.717, 1.165) is 5.69 Å². The molecule has 2 heterocycles. The first-order valence-corrected chi connectivity index (χ1v) is 12.1. The monoisotopic (exact) mass is 463 g/mol. The molecule has 1 aliphatic heterocycles. The zero-order valence-electron chi connectivity index (χ0n) is 18.2. The summed E-state index contributed by atoms with van der Waals surface area (Å²) in [5.74, 6) is -1.45. The van der Waals surface area contributed by atoms with Gasteiger partial charge in [-0.25, -0.2) is 22.3 Å². The first-order valence-electron chi connectivity index (χ1n) is 10.3. The number of rotatable bonds is 7. The average Bonchev–Trinajstić information content (AvgIpc) is 3.24. The number of carbonyl (C=O) groups excluding carboxylic acids is 2. The summed E-state index contributed by atoms with van der Waals surface area (Å²) in [6.07, 6.45) is 3.17. The zero-order valence-corrected chi connectivity index (χ0v) is 19.1. The van der Waals surface area contributed by atoms with Gasteiger partial charge in [-0.05, 0) is 57.5 Å². The van der Waals surface area contributed by atoms with Crippen LogP contribution >= 0.6 is 0 Å².